The first-order valence-electron chi connectivity index (χ1n) is 7.37. The van der Waals surface area contributed by atoms with Crippen LogP contribution in [0.25, 0.3) is 5.69 Å². The van der Waals surface area contributed by atoms with E-state index in [2.05, 4.69) is 5.32 Å². The van der Waals surface area contributed by atoms with Crippen molar-refractivity contribution in [3.8, 4) is 5.69 Å². The van der Waals surface area contributed by atoms with Crippen LogP contribution in [-0.2, 0) is 0 Å². The van der Waals surface area contributed by atoms with Gasteiger partial charge in [0, 0.05) is 28.6 Å². The SMILES string of the molecule is Cc1cc(C(=O)NCC(C)CN)c(C)n1-c1cccc(Cl)c1.Cl. The van der Waals surface area contributed by atoms with Crippen LogP contribution in [0.15, 0.2) is 30.3 Å². The number of rotatable bonds is 5. The largest absolute Gasteiger partial charge is 0.352 e. The van der Waals surface area contributed by atoms with Gasteiger partial charge in [0.15, 0.2) is 0 Å². The molecule has 0 aliphatic heterocycles. The molecule has 0 fully saturated rings. The summed E-state index contributed by atoms with van der Waals surface area (Å²) in [5.74, 6) is 0.196. The summed E-state index contributed by atoms with van der Waals surface area (Å²) >= 11 is 6.06. The Hall–Kier alpha value is -1.49. The molecule has 0 saturated carbocycles. The van der Waals surface area contributed by atoms with Gasteiger partial charge in [-0.1, -0.05) is 24.6 Å². The Labute approximate surface area is 148 Å². The van der Waals surface area contributed by atoms with Crippen LogP contribution in [0.5, 0.6) is 0 Å². The van der Waals surface area contributed by atoms with E-state index in [4.69, 9.17) is 17.3 Å². The van der Waals surface area contributed by atoms with E-state index in [-0.39, 0.29) is 24.2 Å². The highest BCUT2D eigenvalue weighted by molar-refractivity contribution is 6.30. The minimum atomic E-state index is -0.0679. The third kappa shape index (κ3) is 4.50. The van der Waals surface area contributed by atoms with E-state index < -0.39 is 0 Å². The maximum absolute atomic E-state index is 12.4. The lowest BCUT2D eigenvalue weighted by Crippen LogP contribution is -2.31. The monoisotopic (exact) mass is 355 g/mol. The quantitative estimate of drug-likeness (QED) is 0.862. The molecule has 0 spiro atoms. The Morgan fingerprint density at radius 2 is 2.04 bits per heavy atom. The summed E-state index contributed by atoms with van der Waals surface area (Å²) in [6.45, 7) is 7.07. The van der Waals surface area contributed by atoms with Crippen molar-refractivity contribution < 1.29 is 4.79 Å². The lowest BCUT2D eigenvalue weighted by atomic mass is 10.1. The number of aryl methyl sites for hydroxylation is 1. The lowest BCUT2D eigenvalue weighted by molar-refractivity contribution is 0.0948. The second-order valence-electron chi connectivity index (χ2n) is 5.65. The molecule has 126 valence electrons. The van der Waals surface area contributed by atoms with Gasteiger partial charge in [-0.15, -0.1) is 12.4 Å². The number of nitrogens with two attached hydrogens (primary N) is 1. The predicted molar refractivity (Wildman–Crippen MR) is 98.1 cm³/mol. The molecule has 6 heteroatoms. The average Bonchev–Trinajstić information content (AvgIpc) is 2.79. The van der Waals surface area contributed by atoms with Gasteiger partial charge in [-0.3, -0.25) is 4.79 Å². The fourth-order valence-electron chi connectivity index (χ4n) is 2.45. The summed E-state index contributed by atoms with van der Waals surface area (Å²) in [6.07, 6.45) is 0. The molecular formula is C17H23Cl2N3O. The van der Waals surface area contributed by atoms with Crippen molar-refractivity contribution in [1.82, 2.24) is 9.88 Å². The summed E-state index contributed by atoms with van der Waals surface area (Å²) in [5.41, 5.74) is 9.11. The Morgan fingerprint density at radius 3 is 2.65 bits per heavy atom. The summed E-state index contributed by atoms with van der Waals surface area (Å²) in [7, 11) is 0. The van der Waals surface area contributed by atoms with Crippen molar-refractivity contribution in [2.24, 2.45) is 11.7 Å². The van der Waals surface area contributed by atoms with Gasteiger partial charge >= 0.3 is 0 Å². The van der Waals surface area contributed by atoms with Gasteiger partial charge in [0.05, 0.1) is 5.56 Å². The molecule has 1 amide bonds. The number of aromatic nitrogens is 1. The van der Waals surface area contributed by atoms with Crippen LogP contribution in [-0.4, -0.2) is 23.6 Å². The van der Waals surface area contributed by atoms with Gasteiger partial charge in [0.25, 0.3) is 5.91 Å². The van der Waals surface area contributed by atoms with Gasteiger partial charge in [0.2, 0.25) is 0 Å². The zero-order chi connectivity index (χ0) is 16.3. The van der Waals surface area contributed by atoms with E-state index in [0.717, 1.165) is 17.1 Å². The molecule has 0 aliphatic rings. The summed E-state index contributed by atoms with van der Waals surface area (Å²) in [6, 6.07) is 9.50. The second-order valence-corrected chi connectivity index (χ2v) is 6.09. The molecule has 3 N–H and O–H groups in total. The topological polar surface area (TPSA) is 60.1 Å². The molecule has 0 radical (unpaired) electrons. The van der Waals surface area contributed by atoms with Gasteiger partial charge in [0.1, 0.15) is 0 Å². The van der Waals surface area contributed by atoms with Gasteiger partial charge < -0.3 is 15.6 Å². The fourth-order valence-corrected chi connectivity index (χ4v) is 2.64. The van der Waals surface area contributed by atoms with Crippen molar-refractivity contribution >= 4 is 29.9 Å². The zero-order valence-electron chi connectivity index (χ0n) is 13.6. The van der Waals surface area contributed by atoms with E-state index in [1.807, 2.05) is 55.7 Å². The first-order chi connectivity index (χ1) is 10.4. The summed E-state index contributed by atoms with van der Waals surface area (Å²) in [4.78, 5) is 12.4. The minimum absolute atomic E-state index is 0. The number of hydrogen-bond acceptors (Lipinski definition) is 2. The highest BCUT2D eigenvalue weighted by Gasteiger charge is 2.17. The van der Waals surface area contributed by atoms with Crippen LogP contribution in [0.4, 0.5) is 0 Å². The average molecular weight is 356 g/mol. The standard InChI is InChI=1S/C17H22ClN3O.ClH/c1-11(9-19)10-20-17(22)16-7-12(2)21(13(16)3)15-6-4-5-14(18)8-15;/h4-8,11H,9-10,19H2,1-3H3,(H,20,22);1H. The molecule has 1 heterocycles. The van der Waals surface area contributed by atoms with Crippen LogP contribution in [0, 0.1) is 19.8 Å². The van der Waals surface area contributed by atoms with E-state index in [1.165, 1.54) is 0 Å². The number of carbonyl (C=O) groups is 1. The molecule has 2 rings (SSSR count). The maximum Gasteiger partial charge on any atom is 0.253 e. The Bertz CT molecular complexity index is 682. The fraction of sp³-hybridized carbons (Fsp3) is 0.353. The van der Waals surface area contributed by atoms with E-state index in [1.54, 1.807) is 0 Å². The molecule has 0 aliphatic carbocycles. The van der Waals surface area contributed by atoms with Gasteiger partial charge in [-0.05, 0) is 50.6 Å². The molecule has 0 saturated heterocycles. The van der Waals surface area contributed by atoms with Crippen LogP contribution < -0.4 is 11.1 Å². The molecule has 1 atom stereocenters. The first kappa shape index (κ1) is 19.6. The van der Waals surface area contributed by atoms with Crippen molar-refractivity contribution in [3.63, 3.8) is 0 Å². The zero-order valence-corrected chi connectivity index (χ0v) is 15.2. The molecular weight excluding hydrogens is 333 g/mol. The van der Waals surface area contributed by atoms with Crippen LogP contribution in [0.3, 0.4) is 0 Å². The molecule has 23 heavy (non-hydrogen) atoms. The number of nitrogens with zero attached hydrogens (tertiary/aromatic N) is 1. The normalized spacial score (nSPS) is 11.7. The van der Waals surface area contributed by atoms with Crippen LogP contribution in [0.2, 0.25) is 5.02 Å². The Balaban J connectivity index is 0.00000264. The highest BCUT2D eigenvalue weighted by atomic mass is 35.5. The molecule has 1 unspecified atom stereocenters. The number of halogens is 2. The van der Waals surface area contributed by atoms with Crippen molar-refractivity contribution in [1.29, 1.82) is 0 Å². The van der Waals surface area contributed by atoms with E-state index in [9.17, 15) is 4.79 Å². The Kier molecular flexibility index (Phi) is 7.13. The molecule has 1 aromatic heterocycles. The molecule has 0 bridgehead atoms. The number of nitrogens with one attached hydrogen (secondary N) is 1. The van der Waals surface area contributed by atoms with Crippen molar-refractivity contribution in [2.75, 3.05) is 13.1 Å². The maximum atomic E-state index is 12.4. The summed E-state index contributed by atoms with van der Waals surface area (Å²) in [5, 5.41) is 3.61. The number of carbonyl (C=O) groups excluding carboxylic acids is 1. The van der Waals surface area contributed by atoms with Crippen molar-refractivity contribution in [2.45, 2.75) is 20.8 Å². The van der Waals surface area contributed by atoms with Gasteiger partial charge in [-0.2, -0.15) is 0 Å². The van der Waals surface area contributed by atoms with E-state index in [0.29, 0.717) is 23.7 Å². The van der Waals surface area contributed by atoms with E-state index >= 15 is 0 Å². The lowest BCUT2D eigenvalue weighted by Gasteiger charge is -2.12. The molecule has 4 nitrogen and oxygen atoms in total. The summed E-state index contributed by atoms with van der Waals surface area (Å²) < 4.78 is 2.03. The third-order valence-electron chi connectivity index (χ3n) is 3.76. The Morgan fingerprint density at radius 1 is 1.35 bits per heavy atom. The smallest absolute Gasteiger partial charge is 0.253 e. The van der Waals surface area contributed by atoms with Crippen molar-refractivity contribution in [3.05, 3.63) is 52.3 Å². The number of benzene rings is 1. The first-order valence-corrected chi connectivity index (χ1v) is 7.75. The van der Waals surface area contributed by atoms with Crippen LogP contribution >= 0.6 is 24.0 Å². The minimum Gasteiger partial charge on any atom is -0.352 e. The molecule has 2 aromatic rings. The van der Waals surface area contributed by atoms with Crippen LogP contribution in [0.1, 0.15) is 28.7 Å². The molecule has 1 aromatic carbocycles. The predicted octanol–water partition coefficient (Wildman–Crippen LogP) is 3.49. The van der Waals surface area contributed by atoms with Gasteiger partial charge in [-0.25, -0.2) is 0 Å². The second kappa shape index (κ2) is 8.39. The number of amides is 1. The third-order valence-corrected chi connectivity index (χ3v) is 3.99. The number of hydrogen-bond donors (Lipinski definition) is 2. The highest BCUT2D eigenvalue weighted by Crippen LogP contribution is 2.23.